The van der Waals surface area contributed by atoms with Crippen LogP contribution in [0, 0.1) is 0 Å². The van der Waals surface area contributed by atoms with Crippen LogP contribution in [-0.2, 0) is 14.3 Å². The van der Waals surface area contributed by atoms with Crippen LogP contribution in [0.2, 0.25) is 0 Å². The first kappa shape index (κ1) is 17.7. The number of carbonyl (C=O) groups excluding carboxylic acids is 1. The topological polar surface area (TPSA) is 91.3 Å². The van der Waals surface area contributed by atoms with Crippen molar-refractivity contribution in [2.45, 2.75) is 13.0 Å². The second kappa shape index (κ2) is 9.54. The SMILES string of the molecule is COCCN(CC(=O)O)C(=O)NC(C)CN1CCOCC1. The lowest BCUT2D eigenvalue weighted by Crippen LogP contribution is -2.51. The number of methoxy groups -OCH3 is 1. The Morgan fingerprint density at radius 2 is 2.10 bits per heavy atom. The Morgan fingerprint density at radius 3 is 2.67 bits per heavy atom. The third kappa shape index (κ3) is 7.26. The Kier molecular flexibility index (Phi) is 8.03. The normalized spacial score (nSPS) is 17.2. The van der Waals surface area contributed by atoms with Crippen molar-refractivity contribution in [2.75, 3.05) is 59.7 Å². The van der Waals surface area contributed by atoms with Gasteiger partial charge in [0.05, 0.1) is 19.8 Å². The number of hydrogen-bond donors (Lipinski definition) is 2. The number of carbonyl (C=O) groups is 2. The molecular formula is C13H25N3O5. The van der Waals surface area contributed by atoms with E-state index in [2.05, 4.69) is 10.2 Å². The summed E-state index contributed by atoms with van der Waals surface area (Å²) >= 11 is 0. The average Bonchev–Trinajstić information content (AvgIpc) is 2.43. The van der Waals surface area contributed by atoms with Crippen molar-refractivity contribution in [3.05, 3.63) is 0 Å². The molecule has 0 spiro atoms. The van der Waals surface area contributed by atoms with E-state index in [4.69, 9.17) is 14.6 Å². The van der Waals surface area contributed by atoms with E-state index < -0.39 is 5.97 Å². The zero-order valence-electron chi connectivity index (χ0n) is 12.7. The largest absolute Gasteiger partial charge is 0.480 e. The van der Waals surface area contributed by atoms with E-state index in [1.165, 1.54) is 12.0 Å². The van der Waals surface area contributed by atoms with E-state index >= 15 is 0 Å². The van der Waals surface area contributed by atoms with Gasteiger partial charge in [0, 0.05) is 39.3 Å². The van der Waals surface area contributed by atoms with Crippen molar-refractivity contribution >= 4 is 12.0 Å². The molecule has 8 nitrogen and oxygen atoms in total. The zero-order chi connectivity index (χ0) is 15.7. The van der Waals surface area contributed by atoms with Crippen molar-refractivity contribution < 1.29 is 24.2 Å². The molecule has 122 valence electrons. The molecule has 1 heterocycles. The van der Waals surface area contributed by atoms with Gasteiger partial charge in [0.2, 0.25) is 0 Å². The van der Waals surface area contributed by atoms with Crippen LogP contribution in [0.3, 0.4) is 0 Å². The fraction of sp³-hybridized carbons (Fsp3) is 0.846. The molecule has 2 amide bonds. The maximum atomic E-state index is 12.1. The molecular weight excluding hydrogens is 278 g/mol. The second-order valence-corrected chi connectivity index (χ2v) is 5.07. The highest BCUT2D eigenvalue weighted by molar-refractivity contribution is 5.80. The van der Waals surface area contributed by atoms with Crippen molar-refractivity contribution in [3.8, 4) is 0 Å². The number of carboxylic acid groups (broad SMARTS) is 1. The third-order valence-corrected chi connectivity index (χ3v) is 3.18. The van der Waals surface area contributed by atoms with Crippen LogP contribution in [0.15, 0.2) is 0 Å². The number of ether oxygens (including phenoxy) is 2. The molecule has 2 N–H and O–H groups in total. The van der Waals surface area contributed by atoms with E-state index in [0.717, 1.165) is 19.6 Å². The van der Waals surface area contributed by atoms with Crippen LogP contribution < -0.4 is 5.32 Å². The van der Waals surface area contributed by atoms with Crippen molar-refractivity contribution in [1.82, 2.24) is 15.1 Å². The number of hydrogen-bond acceptors (Lipinski definition) is 5. The minimum atomic E-state index is -1.04. The number of morpholine rings is 1. The monoisotopic (exact) mass is 303 g/mol. The minimum absolute atomic E-state index is 0.0607. The van der Waals surface area contributed by atoms with Gasteiger partial charge in [0.25, 0.3) is 0 Å². The molecule has 0 aromatic heterocycles. The molecule has 1 aliphatic heterocycles. The third-order valence-electron chi connectivity index (χ3n) is 3.18. The summed E-state index contributed by atoms with van der Waals surface area (Å²) in [6.07, 6.45) is 0. The van der Waals surface area contributed by atoms with Crippen molar-refractivity contribution in [2.24, 2.45) is 0 Å². The number of urea groups is 1. The Labute approximate surface area is 125 Å². The Balaban J connectivity index is 2.40. The van der Waals surface area contributed by atoms with Crippen LogP contribution in [0.4, 0.5) is 4.79 Å². The summed E-state index contributed by atoms with van der Waals surface area (Å²) < 4.78 is 10.2. The molecule has 8 heteroatoms. The maximum Gasteiger partial charge on any atom is 0.323 e. The number of amides is 2. The molecule has 1 fully saturated rings. The molecule has 0 aliphatic carbocycles. The van der Waals surface area contributed by atoms with Gasteiger partial charge in [-0.1, -0.05) is 0 Å². The molecule has 0 radical (unpaired) electrons. The van der Waals surface area contributed by atoms with Crippen LogP contribution in [0.25, 0.3) is 0 Å². The first-order chi connectivity index (χ1) is 10.0. The predicted octanol–water partition coefficient (Wildman–Crippen LogP) is -0.550. The van der Waals surface area contributed by atoms with Crippen LogP contribution in [0.5, 0.6) is 0 Å². The van der Waals surface area contributed by atoms with Gasteiger partial charge in [0.1, 0.15) is 6.54 Å². The number of rotatable bonds is 8. The highest BCUT2D eigenvalue weighted by Gasteiger charge is 2.20. The Hall–Kier alpha value is -1.38. The summed E-state index contributed by atoms with van der Waals surface area (Å²) in [6, 6.07) is -0.440. The number of nitrogens with one attached hydrogen (secondary N) is 1. The molecule has 1 aliphatic rings. The minimum Gasteiger partial charge on any atom is -0.480 e. The first-order valence-electron chi connectivity index (χ1n) is 7.09. The van der Waals surface area contributed by atoms with Crippen LogP contribution in [-0.4, -0.2) is 92.6 Å². The summed E-state index contributed by atoms with van der Waals surface area (Å²) in [6.45, 7) is 5.96. The quantitative estimate of drug-likeness (QED) is 0.625. The summed E-state index contributed by atoms with van der Waals surface area (Å²) in [4.78, 5) is 26.3. The van der Waals surface area contributed by atoms with Gasteiger partial charge in [-0.15, -0.1) is 0 Å². The van der Waals surface area contributed by atoms with Gasteiger partial charge < -0.3 is 24.8 Å². The van der Waals surface area contributed by atoms with Gasteiger partial charge in [-0.05, 0) is 6.92 Å². The lowest BCUT2D eigenvalue weighted by Gasteiger charge is -2.30. The molecule has 21 heavy (non-hydrogen) atoms. The first-order valence-corrected chi connectivity index (χ1v) is 7.09. The summed E-state index contributed by atoms with van der Waals surface area (Å²) in [5.41, 5.74) is 0. The van der Waals surface area contributed by atoms with E-state index in [-0.39, 0.29) is 25.2 Å². The van der Waals surface area contributed by atoms with Gasteiger partial charge in [-0.25, -0.2) is 4.79 Å². The van der Waals surface area contributed by atoms with Gasteiger partial charge >= 0.3 is 12.0 Å². The second-order valence-electron chi connectivity index (χ2n) is 5.07. The molecule has 0 saturated carbocycles. The predicted molar refractivity (Wildman–Crippen MR) is 76.3 cm³/mol. The fourth-order valence-corrected chi connectivity index (χ4v) is 2.14. The molecule has 0 bridgehead atoms. The van der Waals surface area contributed by atoms with E-state index in [0.29, 0.717) is 19.8 Å². The van der Waals surface area contributed by atoms with E-state index in [1.54, 1.807) is 0 Å². The number of aliphatic carboxylic acids is 1. The number of nitrogens with zero attached hydrogens (tertiary/aromatic N) is 2. The molecule has 1 unspecified atom stereocenters. The standard InChI is InChI=1S/C13H25N3O5/c1-11(9-15-3-7-21-8-4-15)14-13(19)16(5-6-20-2)10-12(17)18/h11H,3-10H2,1-2H3,(H,14,19)(H,17,18). The fourth-order valence-electron chi connectivity index (χ4n) is 2.14. The van der Waals surface area contributed by atoms with Crippen molar-refractivity contribution in [3.63, 3.8) is 0 Å². The molecule has 0 aromatic rings. The van der Waals surface area contributed by atoms with Crippen molar-refractivity contribution in [1.29, 1.82) is 0 Å². The Morgan fingerprint density at radius 1 is 1.43 bits per heavy atom. The van der Waals surface area contributed by atoms with E-state index in [9.17, 15) is 9.59 Å². The van der Waals surface area contributed by atoms with Gasteiger partial charge in [0.15, 0.2) is 0 Å². The molecule has 1 rings (SSSR count). The maximum absolute atomic E-state index is 12.1. The molecule has 1 atom stereocenters. The van der Waals surface area contributed by atoms with E-state index in [1.807, 2.05) is 6.92 Å². The summed E-state index contributed by atoms with van der Waals surface area (Å²) in [5.74, 6) is -1.04. The van der Waals surface area contributed by atoms with Crippen LogP contribution >= 0.6 is 0 Å². The highest BCUT2D eigenvalue weighted by Crippen LogP contribution is 1.99. The number of carboxylic acids is 1. The lowest BCUT2D eigenvalue weighted by atomic mass is 10.3. The van der Waals surface area contributed by atoms with Gasteiger partial charge in [-0.2, -0.15) is 0 Å². The summed E-state index contributed by atoms with van der Waals surface area (Å²) in [5, 5.41) is 11.7. The lowest BCUT2D eigenvalue weighted by molar-refractivity contribution is -0.137. The highest BCUT2D eigenvalue weighted by atomic mass is 16.5. The smallest absolute Gasteiger partial charge is 0.323 e. The average molecular weight is 303 g/mol. The van der Waals surface area contributed by atoms with Gasteiger partial charge in [-0.3, -0.25) is 9.69 Å². The van der Waals surface area contributed by atoms with Crippen LogP contribution in [0.1, 0.15) is 6.92 Å². The molecule has 0 aromatic carbocycles. The summed E-state index contributed by atoms with van der Waals surface area (Å²) in [7, 11) is 1.51. The molecule has 1 saturated heterocycles. The zero-order valence-corrected chi connectivity index (χ0v) is 12.7. The Bertz CT molecular complexity index is 334.